The fraction of sp³-hybridized carbons (Fsp3) is 0.381. The van der Waals surface area contributed by atoms with E-state index in [2.05, 4.69) is 22.0 Å². The molecule has 2 aromatic carbocycles. The fourth-order valence-electron chi connectivity index (χ4n) is 3.20. The molecule has 28 heavy (non-hydrogen) atoms. The minimum atomic E-state index is -0.0449. The number of nitrogens with one attached hydrogen (secondary N) is 1. The molecule has 1 saturated heterocycles. The summed E-state index contributed by atoms with van der Waals surface area (Å²) in [6, 6.07) is 13.4. The van der Waals surface area contributed by atoms with Crippen LogP contribution in [0.3, 0.4) is 0 Å². The first-order chi connectivity index (χ1) is 13.6. The van der Waals surface area contributed by atoms with E-state index in [-0.39, 0.29) is 5.91 Å². The molecule has 1 aliphatic rings. The van der Waals surface area contributed by atoms with Crippen LogP contribution in [-0.4, -0.2) is 56.4 Å². The molecule has 0 aromatic heterocycles. The van der Waals surface area contributed by atoms with Crippen LogP contribution < -0.4 is 15.0 Å². The molecule has 0 aliphatic carbocycles. The summed E-state index contributed by atoms with van der Waals surface area (Å²) in [5.74, 6) is 1.10. The highest BCUT2D eigenvalue weighted by molar-refractivity contribution is 8.00. The summed E-state index contributed by atoms with van der Waals surface area (Å²) in [4.78, 5) is 18.3. The number of piperazine rings is 1. The summed E-state index contributed by atoms with van der Waals surface area (Å²) in [7, 11) is 1.64. The van der Waals surface area contributed by atoms with Crippen LogP contribution in [0, 0.1) is 0 Å². The van der Waals surface area contributed by atoms with Crippen molar-refractivity contribution in [3.8, 4) is 5.75 Å². The molecule has 0 radical (unpaired) electrons. The van der Waals surface area contributed by atoms with E-state index in [1.807, 2.05) is 42.5 Å². The number of methoxy groups -OCH3 is 1. The Kier molecular flexibility index (Phi) is 7.48. The number of ether oxygens (including phenoxy) is 1. The van der Waals surface area contributed by atoms with Crippen LogP contribution in [0.2, 0.25) is 5.02 Å². The topological polar surface area (TPSA) is 44.8 Å². The SMILES string of the molecule is CCN1CCN(c2ccc(Cl)cc2NC(=O)CSc2ccc(OC)cc2)CC1. The third kappa shape index (κ3) is 5.56. The monoisotopic (exact) mass is 419 g/mol. The molecule has 2 aromatic rings. The normalized spacial score (nSPS) is 14.8. The van der Waals surface area contributed by atoms with Gasteiger partial charge in [0, 0.05) is 36.1 Å². The highest BCUT2D eigenvalue weighted by atomic mass is 35.5. The predicted octanol–water partition coefficient (Wildman–Crippen LogP) is 4.22. The Morgan fingerprint density at radius 3 is 2.50 bits per heavy atom. The van der Waals surface area contributed by atoms with Gasteiger partial charge in [0.1, 0.15) is 5.75 Å². The van der Waals surface area contributed by atoms with Gasteiger partial charge in [0.25, 0.3) is 0 Å². The van der Waals surface area contributed by atoms with Gasteiger partial charge in [0.2, 0.25) is 5.91 Å². The predicted molar refractivity (Wildman–Crippen MR) is 118 cm³/mol. The standard InChI is InChI=1S/C21H26ClN3O2S/c1-3-24-10-12-25(13-11-24)20-9-4-16(22)14-19(20)23-21(26)15-28-18-7-5-17(27-2)6-8-18/h4-9,14H,3,10-13,15H2,1-2H3,(H,23,26). The Bertz CT molecular complexity index is 793. The number of hydrogen-bond donors (Lipinski definition) is 1. The van der Waals surface area contributed by atoms with Crippen LogP contribution in [-0.2, 0) is 4.79 Å². The molecule has 150 valence electrons. The Hall–Kier alpha value is -1.89. The maximum atomic E-state index is 12.5. The number of benzene rings is 2. The summed E-state index contributed by atoms with van der Waals surface area (Å²) in [6.45, 7) is 7.20. The minimum absolute atomic E-state index is 0.0449. The van der Waals surface area contributed by atoms with Crippen LogP contribution in [0.4, 0.5) is 11.4 Å². The highest BCUT2D eigenvalue weighted by Gasteiger charge is 2.19. The first-order valence-electron chi connectivity index (χ1n) is 9.42. The molecule has 1 amide bonds. The van der Waals surface area contributed by atoms with Gasteiger partial charge < -0.3 is 19.9 Å². The van der Waals surface area contributed by atoms with Gasteiger partial charge in [-0.3, -0.25) is 4.79 Å². The van der Waals surface area contributed by atoms with Crippen LogP contribution in [0.15, 0.2) is 47.4 Å². The lowest BCUT2D eigenvalue weighted by Gasteiger charge is -2.36. The molecule has 0 atom stereocenters. The smallest absolute Gasteiger partial charge is 0.234 e. The van der Waals surface area contributed by atoms with E-state index in [0.29, 0.717) is 10.8 Å². The number of thioether (sulfide) groups is 1. The van der Waals surface area contributed by atoms with E-state index in [9.17, 15) is 4.79 Å². The van der Waals surface area contributed by atoms with Crippen LogP contribution >= 0.6 is 23.4 Å². The van der Waals surface area contributed by atoms with Crippen LogP contribution in [0.25, 0.3) is 0 Å². The van der Waals surface area contributed by atoms with Gasteiger partial charge in [-0.05, 0) is 49.0 Å². The van der Waals surface area contributed by atoms with Crippen molar-refractivity contribution in [2.24, 2.45) is 0 Å². The molecule has 0 saturated carbocycles. The molecule has 0 unspecified atom stereocenters. The second-order valence-corrected chi connectivity index (χ2v) is 8.08. The van der Waals surface area contributed by atoms with E-state index in [4.69, 9.17) is 16.3 Å². The second kappa shape index (κ2) is 10.0. The lowest BCUT2D eigenvalue weighted by Crippen LogP contribution is -2.46. The van der Waals surface area contributed by atoms with Gasteiger partial charge in [-0.2, -0.15) is 0 Å². The average Bonchev–Trinajstić information content (AvgIpc) is 2.73. The number of anilines is 2. The fourth-order valence-corrected chi connectivity index (χ4v) is 4.07. The summed E-state index contributed by atoms with van der Waals surface area (Å²) in [6.07, 6.45) is 0. The van der Waals surface area contributed by atoms with Crippen LogP contribution in [0.5, 0.6) is 5.75 Å². The van der Waals surface area contributed by atoms with Crippen LogP contribution in [0.1, 0.15) is 6.92 Å². The van der Waals surface area contributed by atoms with Crippen molar-refractivity contribution in [3.05, 3.63) is 47.5 Å². The van der Waals surface area contributed by atoms with E-state index in [1.165, 1.54) is 11.8 Å². The summed E-state index contributed by atoms with van der Waals surface area (Å²) < 4.78 is 5.16. The molecule has 0 bridgehead atoms. The maximum absolute atomic E-state index is 12.5. The number of nitrogens with zero attached hydrogens (tertiary/aromatic N) is 2. The largest absolute Gasteiger partial charge is 0.497 e. The molecule has 1 fully saturated rings. The third-order valence-corrected chi connectivity index (χ3v) is 6.07. The highest BCUT2D eigenvalue weighted by Crippen LogP contribution is 2.30. The molecule has 7 heteroatoms. The third-order valence-electron chi connectivity index (χ3n) is 4.82. The number of likely N-dealkylation sites (N-methyl/N-ethyl adjacent to an activating group) is 1. The van der Waals surface area contributed by atoms with E-state index >= 15 is 0 Å². The molecule has 1 aliphatic heterocycles. The Morgan fingerprint density at radius 2 is 1.86 bits per heavy atom. The zero-order valence-corrected chi connectivity index (χ0v) is 17.9. The van der Waals surface area contributed by atoms with E-state index in [1.54, 1.807) is 7.11 Å². The van der Waals surface area contributed by atoms with Gasteiger partial charge in [-0.15, -0.1) is 11.8 Å². The summed E-state index contributed by atoms with van der Waals surface area (Å²) in [5.41, 5.74) is 1.81. The summed E-state index contributed by atoms with van der Waals surface area (Å²) >= 11 is 7.69. The van der Waals surface area contributed by atoms with Crippen molar-refractivity contribution in [3.63, 3.8) is 0 Å². The molecule has 1 N–H and O–H groups in total. The van der Waals surface area contributed by atoms with Crippen molar-refractivity contribution >= 4 is 40.6 Å². The minimum Gasteiger partial charge on any atom is -0.497 e. The molecule has 5 nitrogen and oxygen atoms in total. The lowest BCUT2D eigenvalue weighted by atomic mass is 10.2. The van der Waals surface area contributed by atoms with Gasteiger partial charge in [0.15, 0.2) is 0 Å². The van der Waals surface area contributed by atoms with Gasteiger partial charge in [0.05, 0.1) is 24.2 Å². The number of halogens is 1. The van der Waals surface area contributed by atoms with Gasteiger partial charge >= 0.3 is 0 Å². The lowest BCUT2D eigenvalue weighted by molar-refractivity contribution is -0.113. The number of carbonyl (C=O) groups excluding carboxylic acids is 1. The number of hydrogen-bond acceptors (Lipinski definition) is 5. The number of rotatable bonds is 7. The average molecular weight is 420 g/mol. The van der Waals surface area contributed by atoms with Crippen molar-refractivity contribution in [2.75, 3.05) is 55.8 Å². The van der Waals surface area contributed by atoms with E-state index < -0.39 is 0 Å². The number of carbonyl (C=O) groups is 1. The Balaban J connectivity index is 1.62. The first kappa shape index (κ1) is 20.8. The van der Waals surface area contributed by atoms with Gasteiger partial charge in [-0.1, -0.05) is 18.5 Å². The van der Waals surface area contributed by atoms with Crippen molar-refractivity contribution in [1.29, 1.82) is 0 Å². The molecular formula is C21H26ClN3O2S. The summed E-state index contributed by atoms with van der Waals surface area (Å²) in [5, 5.41) is 3.66. The first-order valence-corrected chi connectivity index (χ1v) is 10.8. The van der Waals surface area contributed by atoms with Crippen molar-refractivity contribution < 1.29 is 9.53 Å². The van der Waals surface area contributed by atoms with Crippen molar-refractivity contribution in [1.82, 2.24) is 4.90 Å². The molecule has 1 heterocycles. The molecule has 0 spiro atoms. The zero-order valence-electron chi connectivity index (χ0n) is 16.3. The van der Waals surface area contributed by atoms with Crippen molar-refractivity contribution in [2.45, 2.75) is 11.8 Å². The number of amides is 1. The van der Waals surface area contributed by atoms with Gasteiger partial charge in [-0.25, -0.2) is 0 Å². The Labute approximate surface area is 176 Å². The zero-order chi connectivity index (χ0) is 19.9. The quantitative estimate of drug-likeness (QED) is 0.680. The Morgan fingerprint density at radius 1 is 1.14 bits per heavy atom. The molecular weight excluding hydrogens is 394 g/mol. The molecule has 3 rings (SSSR count). The van der Waals surface area contributed by atoms with E-state index in [0.717, 1.165) is 54.7 Å². The maximum Gasteiger partial charge on any atom is 0.234 e. The second-order valence-electron chi connectivity index (χ2n) is 6.60.